The van der Waals surface area contributed by atoms with Gasteiger partial charge in [0.25, 0.3) is 5.91 Å². The third-order valence-electron chi connectivity index (χ3n) is 7.94. The topological polar surface area (TPSA) is 83.9 Å². The van der Waals surface area contributed by atoms with Crippen LogP contribution in [-0.4, -0.2) is 33.5 Å². The number of benzene rings is 4. The molecule has 1 fully saturated rings. The quantitative estimate of drug-likeness (QED) is 0.169. The Hall–Kier alpha value is -4.66. The first-order valence-electron chi connectivity index (χ1n) is 15.2. The van der Waals surface area contributed by atoms with Crippen LogP contribution in [0, 0.1) is 0 Å². The molecule has 3 unspecified atom stereocenters. The average Bonchev–Trinajstić information content (AvgIpc) is 3.10. The monoisotopic (exact) mass is 599 g/mol. The molecule has 1 amide bonds. The van der Waals surface area contributed by atoms with Crippen molar-refractivity contribution >= 4 is 11.6 Å². The van der Waals surface area contributed by atoms with E-state index in [9.17, 15) is 9.90 Å². The van der Waals surface area contributed by atoms with E-state index < -0.39 is 6.29 Å². The molecule has 2 N–H and O–H groups in total. The Morgan fingerprint density at radius 1 is 0.756 bits per heavy atom. The maximum Gasteiger partial charge on any atom is 0.257 e. The van der Waals surface area contributed by atoms with Crippen molar-refractivity contribution in [2.45, 2.75) is 44.6 Å². The van der Waals surface area contributed by atoms with Crippen LogP contribution in [0.2, 0.25) is 0 Å². The van der Waals surface area contributed by atoms with Crippen LogP contribution in [0.4, 0.5) is 5.69 Å². The van der Waals surface area contributed by atoms with E-state index in [-0.39, 0.29) is 24.7 Å². The van der Waals surface area contributed by atoms with Crippen LogP contribution in [0.3, 0.4) is 0 Å². The molecule has 1 aliphatic rings. The van der Waals surface area contributed by atoms with Crippen LogP contribution >= 0.6 is 0 Å². The Labute approximate surface area is 264 Å². The molecule has 0 aliphatic carbocycles. The summed E-state index contributed by atoms with van der Waals surface area (Å²) < 4.78 is 13.2. The Morgan fingerprint density at radius 2 is 1.40 bits per heavy atom. The summed E-state index contributed by atoms with van der Waals surface area (Å²) in [6.45, 7) is 2.30. The van der Waals surface area contributed by atoms with Crippen LogP contribution in [0.1, 0.15) is 57.0 Å². The lowest BCUT2D eigenvalue weighted by Gasteiger charge is -2.38. The highest BCUT2D eigenvalue weighted by molar-refractivity contribution is 6.04. The normalized spacial score (nSPS) is 18.0. The number of carbonyl (C=O) groups excluding carboxylic acids is 1. The van der Waals surface area contributed by atoms with Crippen LogP contribution in [-0.2, 0) is 29.2 Å². The zero-order valence-electron chi connectivity index (χ0n) is 25.0. The Morgan fingerprint density at radius 3 is 2.00 bits per heavy atom. The number of pyridine rings is 1. The van der Waals surface area contributed by atoms with Crippen LogP contribution in [0.15, 0.2) is 134 Å². The molecule has 1 aromatic heterocycles. The molecule has 0 spiro atoms. The second kappa shape index (κ2) is 14.9. The first kappa shape index (κ1) is 30.4. The van der Waals surface area contributed by atoms with Gasteiger partial charge in [0.15, 0.2) is 6.29 Å². The van der Waals surface area contributed by atoms with Gasteiger partial charge in [-0.15, -0.1) is 0 Å². The number of aromatic nitrogens is 1. The molecule has 4 aromatic carbocycles. The van der Waals surface area contributed by atoms with Gasteiger partial charge in [-0.05, 0) is 46.5 Å². The van der Waals surface area contributed by atoms with E-state index in [1.54, 1.807) is 24.5 Å². The maximum absolute atomic E-state index is 12.6. The Kier molecular flexibility index (Phi) is 10.0. The molecule has 228 valence electrons. The van der Waals surface area contributed by atoms with Crippen LogP contribution in [0.25, 0.3) is 0 Å². The van der Waals surface area contributed by atoms with Gasteiger partial charge < -0.3 is 19.9 Å². The summed E-state index contributed by atoms with van der Waals surface area (Å²) in [5, 5.41) is 12.5. The van der Waals surface area contributed by atoms with Gasteiger partial charge in [-0.25, -0.2) is 0 Å². The second-order valence-electron chi connectivity index (χ2n) is 11.3. The Bertz CT molecular complexity index is 1590. The fourth-order valence-corrected chi connectivity index (χ4v) is 5.61. The largest absolute Gasteiger partial charge is 0.392 e. The Balaban J connectivity index is 1.22. The minimum Gasteiger partial charge on any atom is -0.392 e. The van der Waals surface area contributed by atoms with Gasteiger partial charge in [-0.1, -0.05) is 97.1 Å². The lowest BCUT2D eigenvalue weighted by molar-refractivity contribution is -0.253. The van der Waals surface area contributed by atoms with E-state index in [0.29, 0.717) is 24.2 Å². The molecule has 2 heterocycles. The lowest BCUT2D eigenvalue weighted by atomic mass is 9.99. The zero-order valence-corrected chi connectivity index (χ0v) is 25.0. The summed E-state index contributed by atoms with van der Waals surface area (Å²) in [5.41, 5.74) is 6.44. The van der Waals surface area contributed by atoms with Gasteiger partial charge in [0, 0.05) is 49.7 Å². The third kappa shape index (κ3) is 8.29. The summed E-state index contributed by atoms with van der Waals surface area (Å²) in [6.07, 6.45) is 2.98. The first-order chi connectivity index (χ1) is 22.1. The molecule has 7 heteroatoms. The summed E-state index contributed by atoms with van der Waals surface area (Å²) in [4.78, 5) is 19.1. The van der Waals surface area contributed by atoms with Crippen molar-refractivity contribution in [3.8, 4) is 0 Å². The molecular weight excluding hydrogens is 562 g/mol. The van der Waals surface area contributed by atoms with Gasteiger partial charge in [-0.2, -0.15) is 0 Å². The number of rotatable bonds is 11. The van der Waals surface area contributed by atoms with E-state index in [0.717, 1.165) is 29.8 Å². The number of ether oxygens (including phenoxy) is 2. The number of nitrogens with zero attached hydrogens (tertiary/aromatic N) is 2. The van der Waals surface area contributed by atoms with Crippen LogP contribution in [0.5, 0.6) is 0 Å². The lowest BCUT2D eigenvalue weighted by Crippen LogP contribution is -2.39. The van der Waals surface area contributed by atoms with Crippen molar-refractivity contribution in [1.29, 1.82) is 0 Å². The van der Waals surface area contributed by atoms with Crippen molar-refractivity contribution in [2.24, 2.45) is 0 Å². The molecular formula is C38H37N3O4. The fraction of sp³-hybridized carbons (Fsp3) is 0.211. The molecule has 1 saturated heterocycles. The van der Waals surface area contributed by atoms with Gasteiger partial charge in [0.05, 0.1) is 24.4 Å². The predicted octanol–water partition coefficient (Wildman–Crippen LogP) is 7.07. The molecule has 5 aromatic rings. The van der Waals surface area contributed by atoms with Gasteiger partial charge in [0.1, 0.15) is 0 Å². The number of anilines is 1. The number of hydrogen-bond acceptors (Lipinski definition) is 6. The molecule has 45 heavy (non-hydrogen) atoms. The number of nitrogens with one attached hydrogen (secondary N) is 1. The summed E-state index contributed by atoms with van der Waals surface area (Å²) >= 11 is 0. The SMILES string of the molecule is O=C(Nc1ccc(C2OC(CN(Cc3ccccc3)Cc3ccccc3)CC(c3ccc(CO)cc3)O2)cc1)c1cccnc1. The molecule has 0 bridgehead atoms. The summed E-state index contributed by atoms with van der Waals surface area (Å²) in [7, 11) is 0. The molecule has 0 radical (unpaired) electrons. The highest BCUT2D eigenvalue weighted by atomic mass is 16.7. The standard InChI is InChI=1S/C38H37N3O4/c42-27-30-13-15-31(16-14-30)36-22-35(26-41(24-28-8-3-1-4-9-28)25-29-10-5-2-6-11-29)44-38(45-36)32-17-19-34(20-18-32)40-37(43)33-12-7-21-39-23-33/h1-21,23,35-36,38,42H,22,24-27H2,(H,40,43). The van der Waals surface area contributed by atoms with E-state index in [1.807, 2.05) is 60.7 Å². The molecule has 0 saturated carbocycles. The number of amides is 1. The summed E-state index contributed by atoms with van der Waals surface area (Å²) in [5.74, 6) is -0.218. The van der Waals surface area contributed by atoms with Crippen molar-refractivity contribution in [2.75, 3.05) is 11.9 Å². The van der Waals surface area contributed by atoms with Crippen LogP contribution < -0.4 is 5.32 Å². The van der Waals surface area contributed by atoms with E-state index in [2.05, 4.69) is 63.7 Å². The zero-order chi connectivity index (χ0) is 30.8. The van der Waals surface area contributed by atoms with E-state index in [4.69, 9.17) is 9.47 Å². The number of hydrogen-bond donors (Lipinski definition) is 2. The highest BCUT2D eigenvalue weighted by Gasteiger charge is 2.33. The number of carbonyl (C=O) groups is 1. The molecule has 1 aliphatic heterocycles. The minimum absolute atomic E-state index is 0.00221. The molecule has 6 rings (SSSR count). The smallest absolute Gasteiger partial charge is 0.257 e. The van der Waals surface area contributed by atoms with Crippen molar-refractivity contribution in [1.82, 2.24) is 9.88 Å². The molecule has 3 atom stereocenters. The minimum atomic E-state index is -0.593. The highest BCUT2D eigenvalue weighted by Crippen LogP contribution is 2.38. The molecule has 7 nitrogen and oxygen atoms in total. The van der Waals surface area contributed by atoms with E-state index >= 15 is 0 Å². The van der Waals surface area contributed by atoms with Crippen molar-refractivity contribution < 1.29 is 19.4 Å². The van der Waals surface area contributed by atoms with E-state index in [1.165, 1.54) is 11.1 Å². The predicted molar refractivity (Wildman–Crippen MR) is 174 cm³/mol. The third-order valence-corrected chi connectivity index (χ3v) is 7.94. The van der Waals surface area contributed by atoms with Gasteiger partial charge >= 0.3 is 0 Å². The van der Waals surface area contributed by atoms with Crippen molar-refractivity contribution in [3.05, 3.63) is 167 Å². The number of aliphatic hydroxyl groups excluding tert-OH is 1. The number of aliphatic hydroxyl groups is 1. The summed E-state index contributed by atoms with van der Waals surface area (Å²) in [6, 6.07) is 40.0. The maximum atomic E-state index is 12.6. The fourth-order valence-electron chi connectivity index (χ4n) is 5.61. The average molecular weight is 600 g/mol. The van der Waals surface area contributed by atoms with Gasteiger partial charge in [-0.3, -0.25) is 14.7 Å². The first-order valence-corrected chi connectivity index (χ1v) is 15.2. The van der Waals surface area contributed by atoms with Crippen molar-refractivity contribution in [3.63, 3.8) is 0 Å². The second-order valence-corrected chi connectivity index (χ2v) is 11.3. The van der Waals surface area contributed by atoms with Gasteiger partial charge in [0.2, 0.25) is 0 Å².